The number of pyridine rings is 1. The third-order valence-corrected chi connectivity index (χ3v) is 6.45. The Balaban J connectivity index is 1.51. The molecular formula is C23H20N4OS. The lowest BCUT2D eigenvalue weighted by molar-refractivity contribution is 0.727. The highest BCUT2D eigenvalue weighted by molar-refractivity contribution is 7.20. The van der Waals surface area contributed by atoms with E-state index in [0.29, 0.717) is 11.6 Å². The summed E-state index contributed by atoms with van der Waals surface area (Å²) in [6, 6.07) is 16.1. The number of aromatic nitrogens is 3. The van der Waals surface area contributed by atoms with E-state index in [1.54, 1.807) is 30.1 Å². The molecule has 0 spiro atoms. The minimum atomic E-state index is -0.0558. The van der Waals surface area contributed by atoms with Crippen LogP contribution < -0.4 is 10.5 Å². The monoisotopic (exact) mass is 400 g/mol. The van der Waals surface area contributed by atoms with Crippen molar-refractivity contribution in [2.24, 2.45) is 7.05 Å². The summed E-state index contributed by atoms with van der Waals surface area (Å²) in [5, 5.41) is 1.27. The molecule has 29 heavy (non-hydrogen) atoms. The molecule has 0 saturated carbocycles. The molecule has 4 aromatic rings. The quantitative estimate of drug-likeness (QED) is 0.513. The Morgan fingerprint density at radius 2 is 1.90 bits per heavy atom. The fraction of sp³-hybridized carbons (Fsp3) is 0.174. The second kappa shape index (κ2) is 7.29. The van der Waals surface area contributed by atoms with Gasteiger partial charge in [0.25, 0.3) is 5.56 Å². The third-order valence-electron chi connectivity index (χ3n) is 5.26. The number of hydrogen-bond donors (Lipinski definition) is 0. The average molecular weight is 401 g/mol. The zero-order valence-electron chi connectivity index (χ0n) is 16.1. The Hall–Kier alpha value is -3.25. The number of anilines is 1. The molecule has 0 amide bonds. The smallest absolute Gasteiger partial charge is 0.255 e. The molecular weight excluding hydrogens is 380 g/mol. The van der Waals surface area contributed by atoms with E-state index in [1.165, 1.54) is 20.5 Å². The molecule has 1 aliphatic rings. The second-order valence-electron chi connectivity index (χ2n) is 7.16. The SMILES string of the molecule is Cn1c(N2CCC=C(c3cc4ccccc4s3)C2)nc(-c2ccncc2)cc1=O. The fourth-order valence-electron chi connectivity index (χ4n) is 3.71. The van der Waals surface area contributed by atoms with Crippen molar-refractivity contribution in [3.8, 4) is 11.3 Å². The van der Waals surface area contributed by atoms with Gasteiger partial charge in [-0.15, -0.1) is 11.3 Å². The number of nitrogens with zero attached hydrogens (tertiary/aromatic N) is 4. The van der Waals surface area contributed by atoms with E-state index in [0.717, 1.165) is 25.1 Å². The summed E-state index contributed by atoms with van der Waals surface area (Å²) in [6.45, 7) is 1.58. The normalized spacial score (nSPS) is 14.2. The maximum Gasteiger partial charge on any atom is 0.255 e. The van der Waals surface area contributed by atoms with Crippen LogP contribution in [-0.2, 0) is 7.05 Å². The van der Waals surface area contributed by atoms with Crippen LogP contribution in [0.3, 0.4) is 0 Å². The van der Waals surface area contributed by atoms with Crippen LogP contribution in [0.4, 0.5) is 5.95 Å². The zero-order chi connectivity index (χ0) is 19.8. The van der Waals surface area contributed by atoms with E-state index in [-0.39, 0.29) is 5.56 Å². The summed E-state index contributed by atoms with van der Waals surface area (Å²) < 4.78 is 2.93. The highest BCUT2D eigenvalue weighted by atomic mass is 32.1. The zero-order valence-corrected chi connectivity index (χ0v) is 16.9. The minimum absolute atomic E-state index is 0.0558. The molecule has 0 N–H and O–H groups in total. The molecule has 0 unspecified atom stereocenters. The van der Waals surface area contributed by atoms with Gasteiger partial charge in [0.2, 0.25) is 5.95 Å². The third kappa shape index (κ3) is 3.36. The first-order valence-electron chi connectivity index (χ1n) is 9.60. The van der Waals surface area contributed by atoms with Crippen LogP contribution in [0.1, 0.15) is 11.3 Å². The summed E-state index contributed by atoms with van der Waals surface area (Å²) in [7, 11) is 1.79. The average Bonchev–Trinajstić information content (AvgIpc) is 3.21. The molecule has 144 valence electrons. The van der Waals surface area contributed by atoms with Gasteiger partial charge < -0.3 is 4.90 Å². The molecule has 4 heterocycles. The highest BCUT2D eigenvalue weighted by Gasteiger charge is 2.20. The Labute approximate surface area is 172 Å². The van der Waals surface area contributed by atoms with Crippen LogP contribution >= 0.6 is 11.3 Å². The summed E-state index contributed by atoms with van der Waals surface area (Å²) in [5.41, 5.74) is 2.82. The van der Waals surface area contributed by atoms with Gasteiger partial charge >= 0.3 is 0 Å². The molecule has 0 aliphatic carbocycles. The van der Waals surface area contributed by atoms with Crippen LogP contribution in [0.5, 0.6) is 0 Å². The first kappa shape index (κ1) is 17.8. The van der Waals surface area contributed by atoms with Crippen LogP contribution in [-0.4, -0.2) is 27.6 Å². The lowest BCUT2D eigenvalue weighted by atomic mass is 10.1. The van der Waals surface area contributed by atoms with E-state index in [4.69, 9.17) is 4.98 Å². The van der Waals surface area contributed by atoms with Crippen molar-refractivity contribution in [1.29, 1.82) is 0 Å². The van der Waals surface area contributed by atoms with E-state index < -0.39 is 0 Å². The number of hydrogen-bond acceptors (Lipinski definition) is 5. The molecule has 0 atom stereocenters. The van der Waals surface area contributed by atoms with Crippen LogP contribution in [0.25, 0.3) is 26.9 Å². The van der Waals surface area contributed by atoms with Gasteiger partial charge in [0, 0.05) is 53.7 Å². The van der Waals surface area contributed by atoms with Crippen molar-refractivity contribution >= 4 is 32.9 Å². The summed E-state index contributed by atoms with van der Waals surface area (Å²) in [5.74, 6) is 0.705. The molecule has 5 nitrogen and oxygen atoms in total. The molecule has 5 rings (SSSR count). The maximum atomic E-state index is 12.6. The molecule has 6 heteroatoms. The Morgan fingerprint density at radius 3 is 2.72 bits per heavy atom. The number of thiophene rings is 1. The van der Waals surface area contributed by atoms with Gasteiger partial charge in [0.1, 0.15) is 0 Å². The summed E-state index contributed by atoms with van der Waals surface area (Å²) >= 11 is 1.82. The van der Waals surface area contributed by atoms with Crippen LogP contribution in [0.2, 0.25) is 0 Å². The highest BCUT2D eigenvalue weighted by Crippen LogP contribution is 2.33. The van der Waals surface area contributed by atoms with E-state index >= 15 is 0 Å². The van der Waals surface area contributed by atoms with Gasteiger partial charge in [-0.1, -0.05) is 24.3 Å². The minimum Gasteiger partial charge on any atom is -0.337 e. The van der Waals surface area contributed by atoms with E-state index in [1.807, 2.05) is 23.5 Å². The standard InChI is InChI=1S/C23H20N4OS/c1-26-22(28)14-19(16-8-10-24-11-9-16)25-23(26)27-12-4-6-18(15-27)21-13-17-5-2-3-7-20(17)29-21/h2-3,5-11,13-14H,4,12,15H2,1H3. The van der Waals surface area contributed by atoms with Crippen molar-refractivity contribution in [2.75, 3.05) is 18.0 Å². The van der Waals surface area contributed by atoms with Crippen molar-refractivity contribution in [1.82, 2.24) is 14.5 Å². The van der Waals surface area contributed by atoms with Gasteiger partial charge in [-0.05, 0) is 41.6 Å². The lowest BCUT2D eigenvalue weighted by Crippen LogP contribution is -2.35. The Morgan fingerprint density at radius 1 is 1.07 bits per heavy atom. The van der Waals surface area contributed by atoms with Gasteiger partial charge in [-0.3, -0.25) is 14.3 Å². The molecule has 3 aromatic heterocycles. The lowest BCUT2D eigenvalue weighted by Gasteiger charge is -2.29. The van der Waals surface area contributed by atoms with Gasteiger partial charge in [0.05, 0.1) is 5.69 Å². The first-order valence-corrected chi connectivity index (χ1v) is 10.4. The van der Waals surface area contributed by atoms with E-state index in [9.17, 15) is 4.79 Å². The van der Waals surface area contributed by atoms with Gasteiger partial charge in [0.15, 0.2) is 0 Å². The summed E-state index contributed by atoms with van der Waals surface area (Å²) in [4.78, 5) is 25.0. The van der Waals surface area contributed by atoms with Crippen molar-refractivity contribution in [3.05, 3.63) is 82.2 Å². The molecule has 0 fully saturated rings. The Kier molecular flexibility index (Phi) is 4.48. The molecule has 0 bridgehead atoms. The predicted molar refractivity (Wildman–Crippen MR) is 119 cm³/mol. The van der Waals surface area contributed by atoms with Gasteiger partial charge in [-0.2, -0.15) is 0 Å². The number of rotatable bonds is 3. The van der Waals surface area contributed by atoms with E-state index in [2.05, 4.69) is 46.3 Å². The van der Waals surface area contributed by atoms with Crippen molar-refractivity contribution in [3.63, 3.8) is 0 Å². The predicted octanol–water partition coefficient (Wildman–Crippen LogP) is 4.35. The van der Waals surface area contributed by atoms with Crippen molar-refractivity contribution in [2.45, 2.75) is 6.42 Å². The molecule has 0 radical (unpaired) electrons. The molecule has 1 aromatic carbocycles. The summed E-state index contributed by atoms with van der Waals surface area (Å²) in [6.07, 6.45) is 6.68. The topological polar surface area (TPSA) is 51.0 Å². The molecule has 0 saturated heterocycles. The fourth-order valence-corrected chi connectivity index (χ4v) is 4.81. The number of benzene rings is 1. The number of fused-ring (bicyclic) bond motifs is 1. The van der Waals surface area contributed by atoms with Crippen LogP contribution in [0.15, 0.2) is 71.8 Å². The largest absolute Gasteiger partial charge is 0.337 e. The maximum absolute atomic E-state index is 12.6. The first-order chi connectivity index (χ1) is 14.2. The Bertz CT molecular complexity index is 1240. The second-order valence-corrected chi connectivity index (χ2v) is 8.25. The van der Waals surface area contributed by atoms with Crippen LogP contribution in [0, 0.1) is 0 Å². The molecule has 1 aliphatic heterocycles. The van der Waals surface area contributed by atoms with Gasteiger partial charge in [-0.25, -0.2) is 4.98 Å². The van der Waals surface area contributed by atoms with Crippen molar-refractivity contribution < 1.29 is 0 Å².